The van der Waals surface area contributed by atoms with E-state index in [-0.39, 0.29) is 11.5 Å². The molecule has 0 bridgehead atoms. The molecule has 1 N–H and O–H groups in total. The Morgan fingerprint density at radius 3 is 1.33 bits per heavy atom. The molecule has 0 heterocycles. The first-order chi connectivity index (χ1) is 5.07. The first kappa shape index (κ1) is 11.9. The van der Waals surface area contributed by atoms with Crippen LogP contribution in [0.1, 0.15) is 34.6 Å². The second-order valence-electron chi connectivity index (χ2n) is 5.39. The largest absolute Gasteiger partial charge is 0.389 e. The number of likely N-dealkylation sites (N-methyl/N-ethyl adjacent to an activating group) is 1. The van der Waals surface area contributed by atoms with Gasteiger partial charge in [0.05, 0.1) is 5.60 Å². The van der Waals surface area contributed by atoms with Gasteiger partial charge < -0.3 is 10.0 Å². The van der Waals surface area contributed by atoms with E-state index in [1.165, 1.54) is 0 Å². The van der Waals surface area contributed by atoms with Gasteiger partial charge in [-0.2, -0.15) is 0 Å². The summed E-state index contributed by atoms with van der Waals surface area (Å²) in [6.07, 6.45) is 0. The highest BCUT2D eigenvalue weighted by atomic mass is 16.3. The summed E-state index contributed by atoms with van der Waals surface area (Å²) < 4.78 is 0. The molecule has 1 unspecified atom stereocenters. The predicted octanol–water partition coefficient (Wildman–Crippen LogP) is 1.73. The molecule has 0 amide bonds. The fraction of sp³-hybridized carbons (Fsp3) is 1.00. The first-order valence-corrected chi connectivity index (χ1v) is 4.45. The summed E-state index contributed by atoms with van der Waals surface area (Å²) in [5.41, 5.74) is -0.552. The molecule has 0 aliphatic carbocycles. The minimum absolute atomic E-state index is 0.0990. The third-order valence-corrected chi connectivity index (χ3v) is 2.01. The molecule has 0 aromatic carbocycles. The van der Waals surface area contributed by atoms with Crippen LogP contribution in [0.2, 0.25) is 0 Å². The van der Waals surface area contributed by atoms with E-state index >= 15 is 0 Å². The molecular formula is C10H23NO. The summed E-state index contributed by atoms with van der Waals surface area (Å²) in [6.45, 7) is 10.2. The van der Waals surface area contributed by atoms with Gasteiger partial charge in [-0.3, -0.25) is 0 Å². The Bertz CT molecular complexity index is 125. The van der Waals surface area contributed by atoms with Gasteiger partial charge in [-0.25, -0.2) is 0 Å². The highest BCUT2D eigenvalue weighted by Gasteiger charge is 2.37. The van der Waals surface area contributed by atoms with Crippen molar-refractivity contribution in [3.8, 4) is 0 Å². The lowest BCUT2D eigenvalue weighted by atomic mass is 9.77. The summed E-state index contributed by atoms with van der Waals surface area (Å²) in [5.74, 6) is 0. The highest BCUT2D eigenvalue weighted by molar-refractivity contribution is 4.92. The molecular weight excluding hydrogens is 150 g/mol. The summed E-state index contributed by atoms with van der Waals surface area (Å²) in [4.78, 5) is 2.08. The van der Waals surface area contributed by atoms with E-state index in [0.29, 0.717) is 0 Å². The Morgan fingerprint density at radius 2 is 1.33 bits per heavy atom. The zero-order valence-electron chi connectivity index (χ0n) is 9.47. The van der Waals surface area contributed by atoms with Gasteiger partial charge in [-0.1, -0.05) is 20.8 Å². The Balaban J connectivity index is 4.70. The molecule has 0 fully saturated rings. The van der Waals surface area contributed by atoms with Crippen molar-refractivity contribution >= 4 is 0 Å². The molecule has 0 aliphatic heterocycles. The molecule has 0 spiro atoms. The Hall–Kier alpha value is -0.0800. The normalized spacial score (nSPS) is 16.8. The van der Waals surface area contributed by atoms with Gasteiger partial charge >= 0.3 is 0 Å². The summed E-state index contributed by atoms with van der Waals surface area (Å²) in [7, 11) is 4.02. The maximum atomic E-state index is 9.94. The molecule has 12 heavy (non-hydrogen) atoms. The van der Waals surface area contributed by atoms with Crippen LogP contribution in [-0.4, -0.2) is 35.7 Å². The molecule has 0 aromatic heterocycles. The van der Waals surface area contributed by atoms with Crippen LogP contribution in [0.5, 0.6) is 0 Å². The fourth-order valence-electron chi connectivity index (χ4n) is 2.47. The number of rotatable bonds is 2. The zero-order chi connectivity index (χ0) is 10.2. The van der Waals surface area contributed by atoms with Crippen LogP contribution >= 0.6 is 0 Å². The van der Waals surface area contributed by atoms with Gasteiger partial charge in [0.1, 0.15) is 0 Å². The second-order valence-corrected chi connectivity index (χ2v) is 5.39. The van der Waals surface area contributed by atoms with Crippen LogP contribution in [0, 0.1) is 5.41 Å². The maximum absolute atomic E-state index is 9.94. The minimum Gasteiger partial charge on any atom is -0.389 e. The maximum Gasteiger partial charge on any atom is 0.0751 e. The molecule has 0 rings (SSSR count). The molecule has 2 heteroatoms. The fourth-order valence-corrected chi connectivity index (χ4v) is 2.47. The number of hydrogen-bond acceptors (Lipinski definition) is 2. The van der Waals surface area contributed by atoms with Crippen LogP contribution < -0.4 is 0 Å². The van der Waals surface area contributed by atoms with Gasteiger partial charge in [-0.15, -0.1) is 0 Å². The van der Waals surface area contributed by atoms with E-state index in [4.69, 9.17) is 0 Å². The summed E-state index contributed by atoms with van der Waals surface area (Å²) in [6, 6.07) is 0.171. The average molecular weight is 173 g/mol. The molecule has 0 aromatic rings. The van der Waals surface area contributed by atoms with Crippen LogP contribution in [0.15, 0.2) is 0 Å². The van der Waals surface area contributed by atoms with Crippen molar-refractivity contribution in [3.05, 3.63) is 0 Å². The summed E-state index contributed by atoms with van der Waals surface area (Å²) in [5, 5.41) is 9.94. The van der Waals surface area contributed by atoms with Crippen LogP contribution in [0.25, 0.3) is 0 Å². The van der Waals surface area contributed by atoms with Crippen molar-refractivity contribution < 1.29 is 5.11 Å². The van der Waals surface area contributed by atoms with Crippen molar-refractivity contribution in [3.63, 3.8) is 0 Å². The second kappa shape index (κ2) is 3.35. The van der Waals surface area contributed by atoms with E-state index in [2.05, 4.69) is 25.7 Å². The van der Waals surface area contributed by atoms with Crippen LogP contribution in [0.3, 0.4) is 0 Å². The van der Waals surface area contributed by atoms with E-state index in [1.807, 2.05) is 27.9 Å². The topological polar surface area (TPSA) is 23.5 Å². The van der Waals surface area contributed by atoms with E-state index in [1.54, 1.807) is 0 Å². The molecule has 1 atom stereocenters. The van der Waals surface area contributed by atoms with Crippen molar-refractivity contribution in [2.24, 2.45) is 5.41 Å². The van der Waals surface area contributed by atoms with E-state index in [0.717, 1.165) is 0 Å². The lowest BCUT2D eigenvalue weighted by molar-refractivity contribution is -0.0493. The smallest absolute Gasteiger partial charge is 0.0751 e. The molecule has 0 radical (unpaired) electrons. The first-order valence-electron chi connectivity index (χ1n) is 4.45. The number of aliphatic hydroxyl groups is 1. The lowest BCUT2D eigenvalue weighted by Crippen LogP contribution is -2.53. The lowest BCUT2D eigenvalue weighted by Gasteiger charge is -2.43. The predicted molar refractivity (Wildman–Crippen MR) is 53.2 cm³/mol. The van der Waals surface area contributed by atoms with Crippen molar-refractivity contribution in [2.75, 3.05) is 14.1 Å². The summed E-state index contributed by atoms with van der Waals surface area (Å²) >= 11 is 0. The number of nitrogens with zero attached hydrogens (tertiary/aromatic N) is 1. The average Bonchev–Trinajstić information content (AvgIpc) is 1.49. The molecule has 0 saturated carbocycles. The Kier molecular flexibility index (Phi) is 3.32. The molecule has 74 valence electrons. The molecule has 0 saturated heterocycles. The van der Waals surface area contributed by atoms with Gasteiger partial charge in [0, 0.05) is 6.04 Å². The molecule has 0 aliphatic rings. The minimum atomic E-state index is -0.651. The van der Waals surface area contributed by atoms with Crippen LogP contribution in [-0.2, 0) is 0 Å². The Morgan fingerprint density at radius 1 is 1.00 bits per heavy atom. The zero-order valence-corrected chi connectivity index (χ0v) is 9.47. The van der Waals surface area contributed by atoms with Gasteiger partial charge in [0.15, 0.2) is 0 Å². The van der Waals surface area contributed by atoms with Gasteiger partial charge in [-0.05, 0) is 33.4 Å². The van der Waals surface area contributed by atoms with Gasteiger partial charge in [0.25, 0.3) is 0 Å². The van der Waals surface area contributed by atoms with Crippen LogP contribution in [0.4, 0.5) is 0 Å². The van der Waals surface area contributed by atoms with Gasteiger partial charge in [0.2, 0.25) is 0 Å². The quantitative estimate of drug-likeness (QED) is 0.687. The third kappa shape index (κ3) is 3.11. The third-order valence-electron chi connectivity index (χ3n) is 2.01. The highest BCUT2D eigenvalue weighted by Crippen LogP contribution is 2.30. The Labute approximate surface area is 76.6 Å². The van der Waals surface area contributed by atoms with E-state index < -0.39 is 5.60 Å². The van der Waals surface area contributed by atoms with Crippen molar-refractivity contribution in [1.29, 1.82) is 0 Å². The van der Waals surface area contributed by atoms with Crippen molar-refractivity contribution in [1.82, 2.24) is 4.90 Å². The monoisotopic (exact) mass is 173 g/mol. The van der Waals surface area contributed by atoms with E-state index in [9.17, 15) is 5.11 Å². The number of hydrogen-bond donors (Lipinski definition) is 1. The standard InChI is InChI=1S/C10H23NO/c1-9(2,3)8(11(6)7)10(4,5)12/h8,12H,1-7H3. The van der Waals surface area contributed by atoms with Crippen molar-refractivity contribution in [2.45, 2.75) is 46.3 Å². The molecule has 2 nitrogen and oxygen atoms in total. The SMILES string of the molecule is CN(C)C(C(C)(C)C)C(C)(C)O.